The van der Waals surface area contributed by atoms with Crippen molar-refractivity contribution in [3.63, 3.8) is 0 Å². The number of aryl methyl sites for hydroxylation is 2. The number of hydrazine groups is 1. The smallest absolute Gasteiger partial charge is 0.153 e. The Kier molecular flexibility index (Phi) is 4.11. The summed E-state index contributed by atoms with van der Waals surface area (Å²) >= 11 is 3.41. The van der Waals surface area contributed by atoms with Gasteiger partial charge in [0.2, 0.25) is 0 Å². The molecule has 0 aliphatic carbocycles. The Morgan fingerprint density at radius 3 is 2.72 bits per heavy atom. The van der Waals surface area contributed by atoms with Crippen molar-refractivity contribution >= 4 is 15.9 Å². The molecule has 96 valence electrons. The molecule has 2 aromatic rings. The highest BCUT2D eigenvalue weighted by atomic mass is 79.9. The molecule has 2 rings (SSSR count). The number of nitrogens with zero attached hydrogens (tertiary/aromatic N) is 3. The first-order valence-electron chi connectivity index (χ1n) is 5.78. The van der Waals surface area contributed by atoms with E-state index in [-0.39, 0.29) is 6.04 Å². The van der Waals surface area contributed by atoms with E-state index in [0.29, 0.717) is 4.60 Å². The maximum absolute atomic E-state index is 5.72. The highest BCUT2D eigenvalue weighted by molar-refractivity contribution is 9.10. The monoisotopic (exact) mass is 309 g/mol. The molecule has 0 saturated heterocycles. The summed E-state index contributed by atoms with van der Waals surface area (Å²) in [5, 5.41) is 7.99. The fourth-order valence-electron chi connectivity index (χ4n) is 2.10. The second-order valence-corrected chi connectivity index (χ2v) is 4.79. The van der Waals surface area contributed by atoms with Gasteiger partial charge >= 0.3 is 0 Å². The van der Waals surface area contributed by atoms with Crippen LogP contribution >= 0.6 is 15.9 Å². The minimum atomic E-state index is -0.129. The number of benzene rings is 1. The normalized spacial score (nSPS) is 12.7. The Bertz CT molecular complexity index is 518. The van der Waals surface area contributed by atoms with Crippen LogP contribution in [0.5, 0.6) is 0 Å². The molecule has 0 aliphatic rings. The van der Waals surface area contributed by atoms with Crippen LogP contribution in [0.25, 0.3) is 0 Å². The Balaban J connectivity index is 2.52. The summed E-state index contributed by atoms with van der Waals surface area (Å²) in [5.74, 6) is 5.72. The van der Waals surface area contributed by atoms with E-state index >= 15 is 0 Å². The fraction of sp³-hybridized carbons (Fsp3) is 0.333. The molecular formula is C12H16BrN5. The number of nitrogens with one attached hydrogen (secondary N) is 1. The molecule has 1 aromatic heterocycles. The van der Waals surface area contributed by atoms with Gasteiger partial charge < -0.3 is 0 Å². The molecule has 0 fully saturated rings. The minimum absolute atomic E-state index is 0.129. The van der Waals surface area contributed by atoms with E-state index in [9.17, 15) is 0 Å². The van der Waals surface area contributed by atoms with Gasteiger partial charge in [0.25, 0.3) is 0 Å². The summed E-state index contributed by atoms with van der Waals surface area (Å²) in [4.78, 5) is 0. The Morgan fingerprint density at radius 2 is 2.17 bits per heavy atom. The van der Waals surface area contributed by atoms with Crippen molar-refractivity contribution in [3.05, 3.63) is 45.7 Å². The van der Waals surface area contributed by atoms with Crippen molar-refractivity contribution in [2.24, 2.45) is 12.9 Å². The zero-order chi connectivity index (χ0) is 13.1. The lowest BCUT2D eigenvalue weighted by molar-refractivity contribution is 0.566. The molecule has 1 unspecified atom stereocenters. The predicted octanol–water partition coefficient (Wildman–Crippen LogP) is 1.69. The quantitative estimate of drug-likeness (QED) is 0.666. The van der Waals surface area contributed by atoms with Crippen molar-refractivity contribution in [1.82, 2.24) is 20.4 Å². The summed E-state index contributed by atoms with van der Waals surface area (Å²) in [5.41, 5.74) is 6.17. The number of rotatable bonds is 4. The minimum Gasteiger partial charge on any atom is -0.271 e. The van der Waals surface area contributed by atoms with Gasteiger partial charge in [0.1, 0.15) is 0 Å². The predicted molar refractivity (Wildman–Crippen MR) is 73.7 cm³/mol. The molecule has 0 radical (unpaired) electrons. The van der Waals surface area contributed by atoms with Gasteiger partial charge in [-0.2, -0.15) is 0 Å². The van der Waals surface area contributed by atoms with Crippen molar-refractivity contribution in [2.45, 2.75) is 19.4 Å². The van der Waals surface area contributed by atoms with E-state index < -0.39 is 0 Å². The van der Waals surface area contributed by atoms with E-state index in [1.807, 2.05) is 19.2 Å². The molecule has 6 heteroatoms. The molecule has 1 atom stereocenters. The standard InChI is InChI=1S/C12H16BrN5/c1-3-8-6-4-5-7-9(8)10(15-14)11-12(13)16-17-18(11)2/h4-7,10,15H,3,14H2,1-2H3. The number of halogens is 1. The third kappa shape index (κ3) is 2.31. The summed E-state index contributed by atoms with van der Waals surface area (Å²) in [6, 6.07) is 8.10. The van der Waals surface area contributed by atoms with Crippen molar-refractivity contribution in [1.29, 1.82) is 0 Å². The number of nitrogens with two attached hydrogens (primary N) is 1. The second-order valence-electron chi connectivity index (χ2n) is 4.04. The lowest BCUT2D eigenvalue weighted by atomic mass is 9.97. The van der Waals surface area contributed by atoms with Crippen LogP contribution in [0.15, 0.2) is 28.9 Å². The number of hydrogen-bond acceptors (Lipinski definition) is 4. The number of hydrogen-bond donors (Lipinski definition) is 2. The highest BCUT2D eigenvalue weighted by Gasteiger charge is 2.22. The molecule has 3 N–H and O–H groups in total. The van der Waals surface area contributed by atoms with Gasteiger partial charge in [-0.15, -0.1) is 5.10 Å². The summed E-state index contributed by atoms with van der Waals surface area (Å²) in [7, 11) is 1.85. The Labute approximate surface area is 114 Å². The molecule has 18 heavy (non-hydrogen) atoms. The highest BCUT2D eigenvalue weighted by Crippen LogP contribution is 2.28. The summed E-state index contributed by atoms with van der Waals surface area (Å²) in [6.07, 6.45) is 0.956. The molecule has 0 amide bonds. The lowest BCUT2D eigenvalue weighted by Crippen LogP contribution is -2.31. The van der Waals surface area contributed by atoms with E-state index in [2.05, 4.69) is 50.7 Å². The van der Waals surface area contributed by atoms with Crippen LogP contribution in [0.2, 0.25) is 0 Å². The molecule has 0 saturated carbocycles. The van der Waals surface area contributed by atoms with Gasteiger partial charge in [-0.05, 0) is 33.5 Å². The van der Waals surface area contributed by atoms with Gasteiger partial charge in [-0.1, -0.05) is 36.4 Å². The first kappa shape index (κ1) is 13.2. The molecule has 0 bridgehead atoms. The SMILES string of the molecule is CCc1ccccc1C(NN)c1c(Br)nnn1C. The molecule has 1 aromatic carbocycles. The van der Waals surface area contributed by atoms with Crippen LogP contribution in [0, 0.1) is 0 Å². The van der Waals surface area contributed by atoms with Crippen LogP contribution in [-0.2, 0) is 13.5 Å². The first-order chi connectivity index (χ1) is 8.69. The van der Waals surface area contributed by atoms with Gasteiger partial charge in [0.15, 0.2) is 4.60 Å². The van der Waals surface area contributed by atoms with Gasteiger partial charge in [0, 0.05) is 7.05 Å². The van der Waals surface area contributed by atoms with E-state index in [1.165, 1.54) is 5.56 Å². The maximum atomic E-state index is 5.72. The molecule has 1 heterocycles. The van der Waals surface area contributed by atoms with E-state index in [4.69, 9.17) is 5.84 Å². The molecule has 0 spiro atoms. The van der Waals surface area contributed by atoms with E-state index in [0.717, 1.165) is 17.7 Å². The zero-order valence-electron chi connectivity index (χ0n) is 10.4. The summed E-state index contributed by atoms with van der Waals surface area (Å²) < 4.78 is 2.43. The van der Waals surface area contributed by atoms with Crippen LogP contribution in [0.3, 0.4) is 0 Å². The van der Waals surface area contributed by atoms with Crippen LogP contribution in [-0.4, -0.2) is 15.0 Å². The number of aromatic nitrogens is 3. The largest absolute Gasteiger partial charge is 0.271 e. The van der Waals surface area contributed by atoms with Crippen molar-refractivity contribution < 1.29 is 0 Å². The maximum Gasteiger partial charge on any atom is 0.153 e. The topological polar surface area (TPSA) is 68.8 Å². The van der Waals surface area contributed by atoms with E-state index in [1.54, 1.807) is 4.68 Å². The zero-order valence-corrected chi connectivity index (χ0v) is 12.0. The Morgan fingerprint density at radius 1 is 1.44 bits per heavy atom. The van der Waals surface area contributed by atoms with Crippen LogP contribution in [0.4, 0.5) is 0 Å². The van der Waals surface area contributed by atoms with Gasteiger partial charge in [-0.3, -0.25) is 5.84 Å². The first-order valence-corrected chi connectivity index (χ1v) is 6.57. The van der Waals surface area contributed by atoms with Crippen LogP contribution in [0.1, 0.15) is 29.8 Å². The summed E-state index contributed by atoms with van der Waals surface area (Å²) in [6.45, 7) is 2.13. The molecular weight excluding hydrogens is 294 g/mol. The Hall–Kier alpha value is -1.24. The second kappa shape index (κ2) is 5.60. The third-order valence-corrected chi connectivity index (χ3v) is 3.58. The molecule has 0 aliphatic heterocycles. The van der Waals surface area contributed by atoms with Crippen molar-refractivity contribution in [2.75, 3.05) is 0 Å². The average Bonchev–Trinajstić information content (AvgIpc) is 2.72. The third-order valence-electron chi connectivity index (χ3n) is 3.01. The van der Waals surface area contributed by atoms with Crippen molar-refractivity contribution in [3.8, 4) is 0 Å². The molecule has 5 nitrogen and oxygen atoms in total. The average molecular weight is 310 g/mol. The fourth-order valence-corrected chi connectivity index (χ4v) is 2.66. The lowest BCUT2D eigenvalue weighted by Gasteiger charge is -2.19. The van der Waals surface area contributed by atoms with Gasteiger partial charge in [0.05, 0.1) is 11.7 Å². The van der Waals surface area contributed by atoms with Gasteiger partial charge in [-0.25, -0.2) is 10.1 Å². The van der Waals surface area contributed by atoms with Crippen LogP contribution < -0.4 is 11.3 Å².